The van der Waals surface area contributed by atoms with E-state index in [0.29, 0.717) is 6.54 Å². The number of carbonyl (C=O) groups excluding carboxylic acids is 1. The highest BCUT2D eigenvalue weighted by atomic mass is 79.9. The van der Waals surface area contributed by atoms with Crippen molar-refractivity contribution in [1.29, 1.82) is 0 Å². The van der Waals surface area contributed by atoms with E-state index < -0.39 is 0 Å². The molecule has 0 radical (unpaired) electrons. The minimum Gasteiger partial charge on any atom is -0.396 e. The van der Waals surface area contributed by atoms with Crippen LogP contribution >= 0.6 is 15.9 Å². The van der Waals surface area contributed by atoms with Crippen LogP contribution in [0.4, 0.5) is 5.69 Å². The second-order valence-electron chi connectivity index (χ2n) is 5.14. The molecule has 1 aromatic rings. The molecule has 0 saturated heterocycles. The molecule has 0 bridgehead atoms. The van der Waals surface area contributed by atoms with Gasteiger partial charge in [0.25, 0.3) is 0 Å². The van der Waals surface area contributed by atoms with Crippen molar-refractivity contribution in [3.63, 3.8) is 0 Å². The summed E-state index contributed by atoms with van der Waals surface area (Å²) in [5, 5.41) is 15.0. The van der Waals surface area contributed by atoms with Gasteiger partial charge in [-0.25, -0.2) is 0 Å². The van der Waals surface area contributed by atoms with E-state index in [2.05, 4.69) is 26.6 Å². The first-order valence-corrected chi connectivity index (χ1v) is 7.30. The molecular formula is C14H19BrN2O2. The fourth-order valence-corrected chi connectivity index (χ4v) is 2.54. The van der Waals surface area contributed by atoms with Crippen LogP contribution in [0.25, 0.3) is 0 Å². The number of anilines is 1. The second-order valence-corrected chi connectivity index (χ2v) is 6.05. The number of hydrogen-bond donors (Lipinski definition) is 3. The van der Waals surface area contributed by atoms with Crippen molar-refractivity contribution in [2.75, 3.05) is 25.0 Å². The Morgan fingerprint density at radius 1 is 1.42 bits per heavy atom. The molecule has 104 valence electrons. The Bertz CT molecular complexity index is 447. The van der Waals surface area contributed by atoms with Crippen LogP contribution in [-0.4, -0.2) is 30.7 Å². The molecule has 5 heteroatoms. The van der Waals surface area contributed by atoms with E-state index in [4.69, 9.17) is 5.11 Å². The molecule has 1 fully saturated rings. The molecule has 0 heterocycles. The number of benzene rings is 1. The molecule has 1 aromatic carbocycles. The van der Waals surface area contributed by atoms with E-state index >= 15 is 0 Å². The van der Waals surface area contributed by atoms with Crippen molar-refractivity contribution >= 4 is 27.5 Å². The first kappa shape index (κ1) is 14.5. The molecular weight excluding hydrogens is 308 g/mol. The van der Waals surface area contributed by atoms with Crippen molar-refractivity contribution in [1.82, 2.24) is 5.32 Å². The normalized spacial score (nSPS) is 16.1. The van der Waals surface area contributed by atoms with Crippen LogP contribution in [0, 0.1) is 5.41 Å². The molecule has 0 aromatic heterocycles. The standard InChI is InChI=1S/C14H19BrN2O2/c15-11-2-1-3-12(8-11)17-13(19)9-16-10-14(4-5-14)6-7-18/h1-3,8,16,18H,4-7,9-10H2,(H,17,19). The summed E-state index contributed by atoms with van der Waals surface area (Å²) in [5.41, 5.74) is 1.03. The van der Waals surface area contributed by atoms with Gasteiger partial charge in [-0.05, 0) is 42.9 Å². The number of nitrogens with one attached hydrogen (secondary N) is 2. The van der Waals surface area contributed by atoms with Crippen molar-refractivity contribution in [3.8, 4) is 0 Å². The summed E-state index contributed by atoms with van der Waals surface area (Å²) in [6.45, 7) is 1.34. The highest BCUT2D eigenvalue weighted by Crippen LogP contribution is 2.47. The molecule has 3 N–H and O–H groups in total. The molecule has 1 amide bonds. The Morgan fingerprint density at radius 2 is 2.21 bits per heavy atom. The van der Waals surface area contributed by atoms with E-state index in [9.17, 15) is 4.79 Å². The van der Waals surface area contributed by atoms with E-state index in [0.717, 1.165) is 36.0 Å². The molecule has 1 saturated carbocycles. The monoisotopic (exact) mass is 326 g/mol. The minimum absolute atomic E-state index is 0.0436. The maximum Gasteiger partial charge on any atom is 0.238 e. The molecule has 19 heavy (non-hydrogen) atoms. The Kier molecular flexibility index (Phi) is 4.96. The summed E-state index contributed by atoms with van der Waals surface area (Å²) in [5.74, 6) is -0.0436. The van der Waals surface area contributed by atoms with Crippen LogP contribution in [-0.2, 0) is 4.79 Å². The SMILES string of the molecule is O=C(CNCC1(CCO)CC1)Nc1cccc(Br)c1. The predicted octanol–water partition coefficient (Wildman–Crippen LogP) is 2.14. The van der Waals surface area contributed by atoms with E-state index in [1.807, 2.05) is 24.3 Å². The molecule has 2 rings (SSSR count). The maximum atomic E-state index is 11.7. The summed E-state index contributed by atoms with van der Waals surface area (Å²) < 4.78 is 0.943. The molecule has 1 aliphatic rings. The number of aliphatic hydroxyl groups is 1. The number of aliphatic hydroxyl groups excluding tert-OH is 1. The summed E-state index contributed by atoms with van der Waals surface area (Å²) >= 11 is 3.37. The Labute approximate surface area is 121 Å². The Hall–Kier alpha value is -0.910. The number of amides is 1. The van der Waals surface area contributed by atoms with Gasteiger partial charge in [-0.3, -0.25) is 4.79 Å². The summed E-state index contributed by atoms with van der Waals surface area (Å²) in [4.78, 5) is 11.7. The van der Waals surface area contributed by atoms with Crippen LogP contribution in [0.3, 0.4) is 0 Å². The number of rotatable bonds is 7. The fraction of sp³-hybridized carbons (Fsp3) is 0.500. The first-order valence-electron chi connectivity index (χ1n) is 6.51. The Morgan fingerprint density at radius 3 is 2.84 bits per heavy atom. The van der Waals surface area contributed by atoms with Crippen LogP contribution in [0.2, 0.25) is 0 Å². The topological polar surface area (TPSA) is 61.4 Å². The lowest BCUT2D eigenvalue weighted by atomic mass is 10.0. The third-order valence-electron chi connectivity index (χ3n) is 3.49. The second kappa shape index (κ2) is 6.50. The zero-order valence-corrected chi connectivity index (χ0v) is 12.4. The Balaban J connectivity index is 1.70. The quantitative estimate of drug-likeness (QED) is 0.719. The van der Waals surface area contributed by atoms with Gasteiger partial charge in [0.05, 0.1) is 6.54 Å². The van der Waals surface area contributed by atoms with Gasteiger partial charge in [0.2, 0.25) is 5.91 Å². The van der Waals surface area contributed by atoms with E-state index in [1.165, 1.54) is 0 Å². The highest BCUT2D eigenvalue weighted by molar-refractivity contribution is 9.10. The molecule has 0 spiro atoms. The minimum atomic E-state index is -0.0436. The molecule has 0 unspecified atom stereocenters. The molecule has 1 aliphatic carbocycles. The van der Waals surface area contributed by atoms with Gasteiger partial charge in [0.15, 0.2) is 0 Å². The summed E-state index contributed by atoms with van der Waals surface area (Å²) in [6.07, 6.45) is 3.12. The van der Waals surface area contributed by atoms with Gasteiger partial charge in [-0.15, -0.1) is 0 Å². The lowest BCUT2D eigenvalue weighted by molar-refractivity contribution is -0.115. The van der Waals surface area contributed by atoms with Gasteiger partial charge < -0.3 is 15.7 Å². The number of halogens is 1. The first-order chi connectivity index (χ1) is 9.13. The lowest BCUT2D eigenvalue weighted by Gasteiger charge is -2.14. The van der Waals surface area contributed by atoms with Crippen molar-refractivity contribution in [2.45, 2.75) is 19.3 Å². The van der Waals surface area contributed by atoms with E-state index in [-0.39, 0.29) is 17.9 Å². The van der Waals surface area contributed by atoms with Gasteiger partial charge in [0.1, 0.15) is 0 Å². The third-order valence-corrected chi connectivity index (χ3v) is 3.99. The molecule has 0 aliphatic heterocycles. The predicted molar refractivity (Wildman–Crippen MR) is 79.0 cm³/mol. The number of carbonyl (C=O) groups is 1. The largest absolute Gasteiger partial charge is 0.396 e. The van der Waals surface area contributed by atoms with Crippen molar-refractivity contribution in [2.24, 2.45) is 5.41 Å². The van der Waals surface area contributed by atoms with Crippen molar-refractivity contribution in [3.05, 3.63) is 28.7 Å². The molecule has 4 nitrogen and oxygen atoms in total. The maximum absolute atomic E-state index is 11.7. The average Bonchev–Trinajstić information content (AvgIpc) is 3.09. The van der Waals surface area contributed by atoms with Gasteiger partial charge in [-0.2, -0.15) is 0 Å². The van der Waals surface area contributed by atoms with Gasteiger partial charge in [0, 0.05) is 23.3 Å². The molecule has 0 atom stereocenters. The summed E-state index contributed by atoms with van der Waals surface area (Å²) in [7, 11) is 0. The third kappa shape index (κ3) is 4.60. The number of hydrogen-bond acceptors (Lipinski definition) is 3. The fourth-order valence-electron chi connectivity index (χ4n) is 2.14. The highest BCUT2D eigenvalue weighted by Gasteiger charge is 2.41. The lowest BCUT2D eigenvalue weighted by Crippen LogP contribution is -2.32. The van der Waals surface area contributed by atoms with Crippen LogP contribution in [0.5, 0.6) is 0 Å². The van der Waals surface area contributed by atoms with Gasteiger partial charge >= 0.3 is 0 Å². The van der Waals surface area contributed by atoms with Gasteiger partial charge in [-0.1, -0.05) is 22.0 Å². The zero-order chi connectivity index (χ0) is 13.7. The summed E-state index contributed by atoms with van der Waals surface area (Å²) in [6, 6.07) is 7.52. The van der Waals surface area contributed by atoms with Crippen LogP contribution in [0.15, 0.2) is 28.7 Å². The average molecular weight is 327 g/mol. The van der Waals surface area contributed by atoms with E-state index in [1.54, 1.807) is 0 Å². The van der Waals surface area contributed by atoms with Crippen LogP contribution < -0.4 is 10.6 Å². The zero-order valence-electron chi connectivity index (χ0n) is 10.8. The van der Waals surface area contributed by atoms with Crippen LogP contribution in [0.1, 0.15) is 19.3 Å². The smallest absolute Gasteiger partial charge is 0.238 e. The van der Waals surface area contributed by atoms with Crippen molar-refractivity contribution < 1.29 is 9.90 Å².